The van der Waals surface area contributed by atoms with Crippen LogP contribution in [0.15, 0.2) is 0 Å². The van der Waals surface area contributed by atoms with Crippen molar-refractivity contribution in [3.05, 3.63) is 0 Å². The zero-order valence-corrected chi connectivity index (χ0v) is 9.71. The van der Waals surface area contributed by atoms with E-state index in [0.29, 0.717) is 6.04 Å². The van der Waals surface area contributed by atoms with Crippen molar-refractivity contribution >= 4 is 5.91 Å². The lowest BCUT2D eigenvalue weighted by molar-refractivity contribution is -0.126. The van der Waals surface area contributed by atoms with Crippen molar-refractivity contribution in [2.24, 2.45) is 0 Å². The molecule has 3 nitrogen and oxygen atoms in total. The Morgan fingerprint density at radius 2 is 2.00 bits per heavy atom. The first-order chi connectivity index (χ1) is 6.52. The molecule has 0 aromatic carbocycles. The number of rotatable bonds is 3. The number of nitrogens with one attached hydrogen (secondary N) is 1. The van der Waals surface area contributed by atoms with Crippen molar-refractivity contribution in [2.45, 2.75) is 58.7 Å². The summed E-state index contributed by atoms with van der Waals surface area (Å²) < 4.78 is 0. The van der Waals surface area contributed by atoms with Crippen molar-refractivity contribution < 1.29 is 4.79 Å². The molecule has 0 aromatic heterocycles. The van der Waals surface area contributed by atoms with Crippen molar-refractivity contribution in [1.29, 1.82) is 0 Å². The van der Waals surface area contributed by atoms with Gasteiger partial charge in [-0.05, 0) is 47.1 Å². The SMILES string of the molecule is CC(C)NC(=O)C1CCCN1C(C)C. The lowest BCUT2D eigenvalue weighted by atomic mass is 10.2. The maximum absolute atomic E-state index is 11.8. The van der Waals surface area contributed by atoms with Crippen LogP contribution in [0.25, 0.3) is 0 Å². The van der Waals surface area contributed by atoms with Crippen LogP contribution in [-0.4, -0.2) is 35.5 Å². The molecule has 1 rings (SSSR count). The molecular weight excluding hydrogens is 176 g/mol. The Kier molecular flexibility index (Phi) is 3.93. The highest BCUT2D eigenvalue weighted by Crippen LogP contribution is 2.19. The topological polar surface area (TPSA) is 32.3 Å². The minimum absolute atomic E-state index is 0.109. The molecule has 1 saturated heterocycles. The summed E-state index contributed by atoms with van der Waals surface area (Å²) >= 11 is 0. The van der Waals surface area contributed by atoms with E-state index < -0.39 is 0 Å². The van der Waals surface area contributed by atoms with Gasteiger partial charge in [-0.1, -0.05) is 0 Å². The fourth-order valence-electron chi connectivity index (χ4n) is 2.07. The summed E-state index contributed by atoms with van der Waals surface area (Å²) in [5.74, 6) is 0.200. The van der Waals surface area contributed by atoms with Crippen molar-refractivity contribution in [3.63, 3.8) is 0 Å². The van der Waals surface area contributed by atoms with Gasteiger partial charge in [0.1, 0.15) is 0 Å². The number of likely N-dealkylation sites (tertiary alicyclic amines) is 1. The highest BCUT2D eigenvalue weighted by molar-refractivity contribution is 5.82. The second-order valence-electron chi connectivity index (χ2n) is 4.65. The summed E-state index contributed by atoms with van der Waals surface area (Å²) in [7, 11) is 0. The first-order valence-corrected chi connectivity index (χ1v) is 5.58. The third-order valence-corrected chi connectivity index (χ3v) is 2.69. The van der Waals surface area contributed by atoms with Gasteiger partial charge in [0, 0.05) is 12.1 Å². The zero-order valence-electron chi connectivity index (χ0n) is 9.71. The van der Waals surface area contributed by atoms with Gasteiger partial charge in [-0.15, -0.1) is 0 Å². The van der Waals surface area contributed by atoms with Crippen LogP contribution < -0.4 is 5.32 Å². The highest BCUT2D eigenvalue weighted by Gasteiger charge is 2.32. The van der Waals surface area contributed by atoms with Crippen LogP contribution in [0.4, 0.5) is 0 Å². The maximum Gasteiger partial charge on any atom is 0.237 e. The number of nitrogens with zero attached hydrogens (tertiary/aromatic N) is 1. The molecule has 14 heavy (non-hydrogen) atoms. The van der Waals surface area contributed by atoms with Gasteiger partial charge in [-0.25, -0.2) is 0 Å². The summed E-state index contributed by atoms with van der Waals surface area (Å²) in [5.41, 5.74) is 0. The van der Waals surface area contributed by atoms with Gasteiger partial charge in [-0.2, -0.15) is 0 Å². The van der Waals surface area contributed by atoms with Gasteiger partial charge in [0.25, 0.3) is 0 Å². The van der Waals surface area contributed by atoms with E-state index in [-0.39, 0.29) is 18.0 Å². The van der Waals surface area contributed by atoms with E-state index >= 15 is 0 Å². The van der Waals surface area contributed by atoms with E-state index in [1.54, 1.807) is 0 Å². The third-order valence-electron chi connectivity index (χ3n) is 2.69. The number of amides is 1. The fourth-order valence-corrected chi connectivity index (χ4v) is 2.07. The molecule has 3 heteroatoms. The average Bonchev–Trinajstić information content (AvgIpc) is 2.49. The van der Waals surface area contributed by atoms with Gasteiger partial charge in [-0.3, -0.25) is 9.69 Å². The number of carbonyl (C=O) groups excluding carboxylic acids is 1. The lowest BCUT2D eigenvalue weighted by Crippen LogP contribution is -2.47. The van der Waals surface area contributed by atoms with E-state index in [2.05, 4.69) is 24.1 Å². The Hall–Kier alpha value is -0.570. The Morgan fingerprint density at radius 1 is 1.36 bits per heavy atom. The minimum Gasteiger partial charge on any atom is -0.353 e. The summed E-state index contributed by atoms with van der Waals surface area (Å²) in [6, 6.07) is 0.829. The molecule has 0 bridgehead atoms. The van der Waals surface area contributed by atoms with Crippen molar-refractivity contribution in [1.82, 2.24) is 10.2 Å². The van der Waals surface area contributed by atoms with Crippen LogP contribution in [0.3, 0.4) is 0 Å². The quantitative estimate of drug-likeness (QED) is 0.743. The molecule has 0 saturated carbocycles. The molecule has 1 unspecified atom stereocenters. The maximum atomic E-state index is 11.8. The zero-order chi connectivity index (χ0) is 10.7. The van der Waals surface area contributed by atoms with Gasteiger partial charge in [0.2, 0.25) is 5.91 Å². The van der Waals surface area contributed by atoms with Gasteiger partial charge in [0.15, 0.2) is 0 Å². The monoisotopic (exact) mass is 198 g/mol. The molecule has 0 radical (unpaired) electrons. The fraction of sp³-hybridized carbons (Fsp3) is 0.909. The standard InChI is InChI=1S/C11H22N2O/c1-8(2)12-11(14)10-6-5-7-13(10)9(3)4/h8-10H,5-7H2,1-4H3,(H,12,14). The van der Waals surface area contributed by atoms with E-state index in [9.17, 15) is 4.79 Å². The summed E-state index contributed by atoms with van der Waals surface area (Å²) in [5, 5.41) is 2.99. The van der Waals surface area contributed by atoms with E-state index in [0.717, 1.165) is 19.4 Å². The highest BCUT2D eigenvalue weighted by atomic mass is 16.2. The summed E-state index contributed by atoms with van der Waals surface area (Å²) in [6.07, 6.45) is 2.16. The molecule has 1 fully saturated rings. The molecule has 0 spiro atoms. The van der Waals surface area contributed by atoms with E-state index in [4.69, 9.17) is 0 Å². The van der Waals surface area contributed by atoms with Crippen LogP contribution in [-0.2, 0) is 4.79 Å². The molecule has 82 valence electrons. The van der Waals surface area contributed by atoms with Gasteiger partial charge < -0.3 is 5.32 Å². The second-order valence-corrected chi connectivity index (χ2v) is 4.65. The van der Waals surface area contributed by atoms with Crippen molar-refractivity contribution in [2.75, 3.05) is 6.54 Å². The number of hydrogen-bond donors (Lipinski definition) is 1. The largest absolute Gasteiger partial charge is 0.353 e. The van der Waals surface area contributed by atoms with Crippen molar-refractivity contribution in [3.8, 4) is 0 Å². The van der Waals surface area contributed by atoms with Crippen LogP contribution in [0.1, 0.15) is 40.5 Å². The second kappa shape index (κ2) is 4.78. The Bertz CT molecular complexity index is 201. The third kappa shape index (κ3) is 2.71. The lowest BCUT2D eigenvalue weighted by Gasteiger charge is -2.27. The van der Waals surface area contributed by atoms with Gasteiger partial charge >= 0.3 is 0 Å². The van der Waals surface area contributed by atoms with Gasteiger partial charge in [0.05, 0.1) is 6.04 Å². The average molecular weight is 198 g/mol. The molecule has 1 aliphatic rings. The molecule has 0 aromatic rings. The molecular formula is C11H22N2O. The number of hydrogen-bond acceptors (Lipinski definition) is 2. The Morgan fingerprint density at radius 3 is 2.50 bits per heavy atom. The molecule has 0 aliphatic carbocycles. The molecule has 1 amide bonds. The smallest absolute Gasteiger partial charge is 0.237 e. The Balaban J connectivity index is 2.53. The number of carbonyl (C=O) groups is 1. The first-order valence-electron chi connectivity index (χ1n) is 5.58. The predicted octanol–water partition coefficient (Wildman–Crippen LogP) is 1.38. The molecule has 1 heterocycles. The van der Waals surface area contributed by atoms with Crippen LogP contribution in [0.2, 0.25) is 0 Å². The normalized spacial score (nSPS) is 23.4. The van der Waals surface area contributed by atoms with E-state index in [1.807, 2.05) is 13.8 Å². The molecule has 1 N–H and O–H groups in total. The predicted molar refractivity (Wildman–Crippen MR) is 58.1 cm³/mol. The molecule has 1 atom stereocenters. The first kappa shape index (κ1) is 11.5. The van der Waals surface area contributed by atoms with Crippen LogP contribution in [0, 0.1) is 0 Å². The Labute approximate surface area is 86.9 Å². The minimum atomic E-state index is 0.109. The molecule has 1 aliphatic heterocycles. The summed E-state index contributed by atoms with van der Waals surface area (Å²) in [4.78, 5) is 14.1. The van der Waals surface area contributed by atoms with Crippen LogP contribution in [0.5, 0.6) is 0 Å². The summed E-state index contributed by atoms with van der Waals surface area (Å²) in [6.45, 7) is 9.38. The van der Waals surface area contributed by atoms with E-state index in [1.165, 1.54) is 0 Å². The van der Waals surface area contributed by atoms with Crippen LogP contribution >= 0.6 is 0 Å².